The number of piperidine rings is 1. The molecule has 3 rings (SSSR count). The van der Waals surface area contributed by atoms with Crippen LogP contribution in [0.5, 0.6) is 0 Å². The van der Waals surface area contributed by atoms with Crippen molar-refractivity contribution in [2.75, 3.05) is 20.2 Å². The van der Waals surface area contributed by atoms with Crippen LogP contribution in [0.3, 0.4) is 0 Å². The van der Waals surface area contributed by atoms with Gasteiger partial charge in [0.05, 0.1) is 6.10 Å². The van der Waals surface area contributed by atoms with Gasteiger partial charge in [-0.05, 0) is 49.1 Å². The van der Waals surface area contributed by atoms with Gasteiger partial charge in [0.15, 0.2) is 0 Å². The molecular formula is C17H22FN3O. The van der Waals surface area contributed by atoms with Gasteiger partial charge in [0.2, 0.25) is 0 Å². The maximum absolute atomic E-state index is 13.3. The molecular weight excluding hydrogens is 281 g/mol. The maximum atomic E-state index is 13.3. The molecule has 0 saturated carbocycles. The summed E-state index contributed by atoms with van der Waals surface area (Å²) >= 11 is 0. The molecule has 0 spiro atoms. The summed E-state index contributed by atoms with van der Waals surface area (Å²) < 4.78 is 19.0. The molecule has 1 aromatic heterocycles. The molecule has 0 bridgehead atoms. The molecule has 118 valence electrons. The number of hydrogen-bond donors (Lipinski definition) is 1. The lowest BCUT2D eigenvalue weighted by atomic mass is 9.87. The van der Waals surface area contributed by atoms with Gasteiger partial charge in [0.25, 0.3) is 0 Å². The molecule has 1 aromatic carbocycles. The number of aromatic nitrogens is 2. The van der Waals surface area contributed by atoms with Crippen molar-refractivity contribution >= 4 is 0 Å². The molecule has 22 heavy (non-hydrogen) atoms. The summed E-state index contributed by atoms with van der Waals surface area (Å²) in [7, 11) is 1.77. The molecule has 5 heteroatoms. The van der Waals surface area contributed by atoms with Crippen molar-refractivity contribution in [2.45, 2.75) is 25.5 Å². The van der Waals surface area contributed by atoms with Crippen molar-refractivity contribution in [3.63, 3.8) is 0 Å². The van der Waals surface area contributed by atoms with E-state index in [-0.39, 0.29) is 11.9 Å². The van der Waals surface area contributed by atoms with Gasteiger partial charge in [0, 0.05) is 32.1 Å². The van der Waals surface area contributed by atoms with Crippen molar-refractivity contribution in [1.82, 2.24) is 15.1 Å². The largest absolute Gasteiger partial charge is 0.380 e. The molecule has 1 saturated heterocycles. The number of nitrogens with zero attached hydrogens (tertiary/aromatic N) is 2. The van der Waals surface area contributed by atoms with Gasteiger partial charge < -0.3 is 4.74 Å². The molecule has 1 aliphatic heterocycles. The average Bonchev–Trinajstić information content (AvgIpc) is 3.02. The number of methoxy groups -OCH3 is 1. The van der Waals surface area contributed by atoms with E-state index in [1.165, 1.54) is 6.07 Å². The van der Waals surface area contributed by atoms with Crippen LogP contribution in [0.15, 0.2) is 36.5 Å². The highest BCUT2D eigenvalue weighted by Gasteiger charge is 2.29. The fourth-order valence-corrected chi connectivity index (χ4v) is 3.25. The molecule has 0 amide bonds. The summed E-state index contributed by atoms with van der Waals surface area (Å²) in [4.78, 5) is 2.38. The van der Waals surface area contributed by atoms with Crippen LogP contribution in [0.4, 0.5) is 4.39 Å². The third-order valence-corrected chi connectivity index (χ3v) is 4.42. The van der Waals surface area contributed by atoms with Crippen LogP contribution in [0, 0.1) is 11.7 Å². The van der Waals surface area contributed by atoms with E-state index in [9.17, 15) is 4.39 Å². The van der Waals surface area contributed by atoms with Crippen LogP contribution >= 0.6 is 0 Å². The minimum atomic E-state index is -0.164. The second kappa shape index (κ2) is 7.03. The number of halogens is 1. The van der Waals surface area contributed by atoms with Gasteiger partial charge in [-0.1, -0.05) is 12.1 Å². The highest BCUT2D eigenvalue weighted by Crippen LogP contribution is 2.25. The van der Waals surface area contributed by atoms with E-state index in [0.717, 1.165) is 43.7 Å². The van der Waals surface area contributed by atoms with Crippen molar-refractivity contribution in [1.29, 1.82) is 0 Å². The van der Waals surface area contributed by atoms with Crippen molar-refractivity contribution in [3.8, 4) is 0 Å². The number of ether oxygens (including phenoxy) is 1. The first-order valence-corrected chi connectivity index (χ1v) is 7.72. The standard InChI is InChI=1S/C17H22FN3O/c1-22-17-12-21(11-16-5-7-19-20-16)8-6-14(17)9-13-3-2-4-15(18)10-13/h2-5,7,10,14,17H,6,8-9,11-12H2,1H3,(H,19,20)/t14-,17-/m1/s1. The lowest BCUT2D eigenvalue weighted by Crippen LogP contribution is -2.45. The van der Waals surface area contributed by atoms with E-state index in [1.54, 1.807) is 25.4 Å². The third-order valence-electron chi connectivity index (χ3n) is 4.42. The minimum Gasteiger partial charge on any atom is -0.380 e. The van der Waals surface area contributed by atoms with Gasteiger partial charge in [-0.25, -0.2) is 4.39 Å². The maximum Gasteiger partial charge on any atom is 0.123 e. The summed E-state index contributed by atoms with van der Waals surface area (Å²) in [6, 6.07) is 8.89. The van der Waals surface area contributed by atoms with Gasteiger partial charge >= 0.3 is 0 Å². The number of benzene rings is 1. The van der Waals surface area contributed by atoms with E-state index in [4.69, 9.17) is 4.74 Å². The molecule has 0 radical (unpaired) electrons. The summed E-state index contributed by atoms with van der Waals surface area (Å²) in [5.41, 5.74) is 2.17. The molecule has 1 N–H and O–H groups in total. The average molecular weight is 303 g/mol. The van der Waals surface area contributed by atoms with E-state index < -0.39 is 0 Å². The quantitative estimate of drug-likeness (QED) is 0.923. The molecule has 0 aliphatic carbocycles. The zero-order valence-electron chi connectivity index (χ0n) is 12.8. The summed E-state index contributed by atoms with van der Waals surface area (Å²) in [5, 5.41) is 6.99. The second-order valence-corrected chi connectivity index (χ2v) is 5.97. The van der Waals surface area contributed by atoms with Crippen molar-refractivity contribution in [2.24, 2.45) is 5.92 Å². The Balaban J connectivity index is 1.60. The second-order valence-electron chi connectivity index (χ2n) is 5.97. The topological polar surface area (TPSA) is 41.1 Å². The van der Waals surface area contributed by atoms with E-state index in [1.807, 2.05) is 12.1 Å². The van der Waals surface area contributed by atoms with E-state index in [2.05, 4.69) is 15.1 Å². The number of nitrogens with one attached hydrogen (secondary N) is 1. The van der Waals surface area contributed by atoms with Gasteiger partial charge in [-0.3, -0.25) is 10.00 Å². The summed E-state index contributed by atoms with van der Waals surface area (Å²) in [5.74, 6) is 0.271. The lowest BCUT2D eigenvalue weighted by molar-refractivity contribution is -0.0139. The Morgan fingerprint density at radius 2 is 2.32 bits per heavy atom. The molecule has 2 atom stereocenters. The predicted molar refractivity (Wildman–Crippen MR) is 82.9 cm³/mol. The Morgan fingerprint density at radius 3 is 3.05 bits per heavy atom. The van der Waals surface area contributed by atoms with Crippen LogP contribution in [-0.2, 0) is 17.7 Å². The normalized spacial score (nSPS) is 22.8. The van der Waals surface area contributed by atoms with Gasteiger partial charge in [-0.15, -0.1) is 0 Å². The fraction of sp³-hybridized carbons (Fsp3) is 0.471. The summed E-state index contributed by atoms with van der Waals surface area (Å²) in [6.45, 7) is 2.79. The van der Waals surface area contributed by atoms with E-state index in [0.29, 0.717) is 5.92 Å². The number of H-pyrrole nitrogens is 1. The molecule has 1 aliphatic rings. The SMILES string of the molecule is CO[C@@H]1CN(Cc2ccn[nH]2)CC[C@@H]1Cc1cccc(F)c1. The highest BCUT2D eigenvalue weighted by atomic mass is 19.1. The van der Waals surface area contributed by atoms with Crippen LogP contribution in [-0.4, -0.2) is 41.4 Å². The Bertz CT molecular complexity index is 587. The molecule has 2 aromatic rings. The number of aromatic amines is 1. The van der Waals surface area contributed by atoms with Crippen molar-refractivity contribution < 1.29 is 9.13 Å². The molecule has 1 fully saturated rings. The van der Waals surface area contributed by atoms with Gasteiger partial charge in [-0.2, -0.15) is 5.10 Å². The number of hydrogen-bond acceptors (Lipinski definition) is 3. The number of likely N-dealkylation sites (tertiary alicyclic amines) is 1. The Hall–Kier alpha value is -1.72. The fourth-order valence-electron chi connectivity index (χ4n) is 3.25. The molecule has 0 unspecified atom stereocenters. The first-order chi connectivity index (χ1) is 10.7. The van der Waals surface area contributed by atoms with Crippen LogP contribution in [0.2, 0.25) is 0 Å². The van der Waals surface area contributed by atoms with Crippen LogP contribution in [0.1, 0.15) is 17.7 Å². The zero-order valence-corrected chi connectivity index (χ0v) is 12.8. The zero-order chi connectivity index (χ0) is 15.4. The predicted octanol–water partition coefficient (Wildman–Crippen LogP) is 2.63. The number of rotatable bonds is 5. The minimum absolute atomic E-state index is 0.164. The highest BCUT2D eigenvalue weighted by molar-refractivity contribution is 5.17. The van der Waals surface area contributed by atoms with Crippen molar-refractivity contribution in [3.05, 3.63) is 53.6 Å². The van der Waals surface area contributed by atoms with Crippen LogP contribution < -0.4 is 0 Å². The first-order valence-electron chi connectivity index (χ1n) is 7.72. The third kappa shape index (κ3) is 3.72. The Labute approximate surface area is 130 Å². The molecule has 4 nitrogen and oxygen atoms in total. The first kappa shape index (κ1) is 15.2. The monoisotopic (exact) mass is 303 g/mol. The van der Waals surface area contributed by atoms with Crippen LogP contribution in [0.25, 0.3) is 0 Å². The van der Waals surface area contributed by atoms with Gasteiger partial charge in [0.1, 0.15) is 5.82 Å². The smallest absolute Gasteiger partial charge is 0.123 e. The summed E-state index contributed by atoms with van der Waals surface area (Å²) in [6.07, 6.45) is 3.89. The molecule has 2 heterocycles. The van der Waals surface area contributed by atoms with E-state index >= 15 is 0 Å². The Morgan fingerprint density at radius 1 is 1.41 bits per heavy atom. The lowest BCUT2D eigenvalue weighted by Gasteiger charge is -2.37. The Kier molecular flexibility index (Phi) is 4.85.